The van der Waals surface area contributed by atoms with E-state index in [0.29, 0.717) is 6.54 Å². The highest BCUT2D eigenvalue weighted by Gasteiger charge is 2.23. The van der Waals surface area contributed by atoms with Crippen LogP contribution in [0.4, 0.5) is 0 Å². The molecule has 0 bridgehead atoms. The first-order chi connectivity index (χ1) is 9.77. The van der Waals surface area contributed by atoms with Crippen LogP contribution in [0.3, 0.4) is 0 Å². The average Bonchev–Trinajstić information content (AvgIpc) is 2.52. The van der Waals surface area contributed by atoms with E-state index < -0.39 is 0 Å². The summed E-state index contributed by atoms with van der Waals surface area (Å²) in [5.41, 5.74) is 0. The minimum Gasteiger partial charge on any atom is -0.442 e. The van der Waals surface area contributed by atoms with Crippen LogP contribution in [0.1, 0.15) is 13.3 Å². The van der Waals surface area contributed by atoms with E-state index in [1.165, 1.54) is 6.08 Å². The van der Waals surface area contributed by atoms with Crippen molar-refractivity contribution in [3.63, 3.8) is 0 Å². The first-order valence-electron chi connectivity index (χ1n) is 7.47. The van der Waals surface area contributed by atoms with E-state index in [-0.39, 0.29) is 12.2 Å². The van der Waals surface area contributed by atoms with Gasteiger partial charge in [-0.2, -0.15) is 0 Å². The molecule has 2 heterocycles. The lowest BCUT2D eigenvalue weighted by atomic mass is 10.3. The van der Waals surface area contributed by atoms with Gasteiger partial charge in [0.05, 0.1) is 0 Å². The normalized spacial score (nSPS) is 23.4. The zero-order chi connectivity index (χ0) is 14.6. The number of esters is 1. The lowest BCUT2D eigenvalue weighted by Gasteiger charge is -2.34. The fourth-order valence-electron chi connectivity index (χ4n) is 2.17. The average molecular weight is 284 g/mol. The van der Waals surface area contributed by atoms with E-state index in [2.05, 4.69) is 34.4 Å². The molecule has 2 rings (SSSR count). The van der Waals surface area contributed by atoms with Crippen molar-refractivity contribution in [3.8, 4) is 0 Å². The maximum atomic E-state index is 11.0. The number of rotatable bonds is 4. The molecular weight excluding hydrogens is 256 g/mol. The van der Waals surface area contributed by atoms with Crippen LogP contribution in [0.15, 0.2) is 12.7 Å². The van der Waals surface area contributed by atoms with Gasteiger partial charge in [-0.3, -0.25) is 4.90 Å². The molecular formula is C14H28N4O2. The van der Waals surface area contributed by atoms with E-state index >= 15 is 0 Å². The molecule has 2 fully saturated rings. The fourth-order valence-corrected chi connectivity index (χ4v) is 2.17. The Morgan fingerprint density at radius 3 is 2.40 bits per heavy atom. The molecule has 0 aliphatic carbocycles. The molecule has 0 spiro atoms. The summed E-state index contributed by atoms with van der Waals surface area (Å²) in [5.74, 6) is -0.347. The van der Waals surface area contributed by atoms with Crippen molar-refractivity contribution in [1.29, 1.82) is 0 Å². The van der Waals surface area contributed by atoms with Crippen molar-refractivity contribution < 1.29 is 9.53 Å². The number of hydrogen-bond acceptors (Lipinski definition) is 6. The fraction of sp³-hybridized carbons (Fsp3) is 0.786. The SMILES string of the molecule is C1CNCCN1.C=CC(=O)OC1CNCCN1CCC. The number of carbonyl (C=O) groups is 1. The van der Waals surface area contributed by atoms with Crippen molar-refractivity contribution in [2.75, 3.05) is 52.4 Å². The van der Waals surface area contributed by atoms with Gasteiger partial charge in [-0.25, -0.2) is 4.79 Å². The number of ether oxygens (including phenoxy) is 1. The van der Waals surface area contributed by atoms with Crippen molar-refractivity contribution in [2.24, 2.45) is 0 Å². The molecule has 6 heteroatoms. The van der Waals surface area contributed by atoms with Gasteiger partial charge in [0.25, 0.3) is 0 Å². The van der Waals surface area contributed by atoms with Gasteiger partial charge in [-0.1, -0.05) is 13.5 Å². The van der Waals surface area contributed by atoms with Crippen LogP contribution in [0, 0.1) is 0 Å². The summed E-state index contributed by atoms with van der Waals surface area (Å²) >= 11 is 0. The molecule has 6 nitrogen and oxygen atoms in total. The van der Waals surface area contributed by atoms with E-state index in [4.69, 9.17) is 4.74 Å². The quantitative estimate of drug-likeness (QED) is 0.479. The van der Waals surface area contributed by atoms with Gasteiger partial charge in [0.15, 0.2) is 6.23 Å². The third-order valence-electron chi connectivity index (χ3n) is 3.19. The molecule has 1 atom stereocenters. The Kier molecular flexibility index (Phi) is 9.23. The number of nitrogens with one attached hydrogen (secondary N) is 3. The summed E-state index contributed by atoms with van der Waals surface area (Å²) in [5, 5.41) is 9.64. The Hall–Kier alpha value is -0.950. The Morgan fingerprint density at radius 2 is 1.90 bits per heavy atom. The van der Waals surface area contributed by atoms with Crippen molar-refractivity contribution >= 4 is 5.97 Å². The van der Waals surface area contributed by atoms with E-state index in [1.807, 2.05) is 0 Å². The molecule has 2 saturated heterocycles. The van der Waals surface area contributed by atoms with Gasteiger partial charge in [0.1, 0.15) is 0 Å². The molecule has 0 radical (unpaired) electrons. The lowest BCUT2D eigenvalue weighted by molar-refractivity contribution is -0.154. The van der Waals surface area contributed by atoms with Gasteiger partial charge < -0.3 is 20.7 Å². The molecule has 20 heavy (non-hydrogen) atoms. The van der Waals surface area contributed by atoms with Crippen LogP contribution in [0.5, 0.6) is 0 Å². The molecule has 0 aromatic carbocycles. The predicted octanol–water partition coefficient (Wildman–Crippen LogP) is -0.464. The summed E-state index contributed by atoms with van der Waals surface area (Å²) in [6.07, 6.45) is 2.15. The van der Waals surface area contributed by atoms with Crippen molar-refractivity contribution in [2.45, 2.75) is 19.6 Å². The van der Waals surface area contributed by atoms with E-state index in [1.54, 1.807) is 0 Å². The summed E-state index contributed by atoms with van der Waals surface area (Å²) in [4.78, 5) is 13.2. The largest absolute Gasteiger partial charge is 0.442 e. The first-order valence-corrected chi connectivity index (χ1v) is 7.47. The standard InChI is InChI=1S/C10H18N2O2.C4H10N2/c1-3-6-12-7-5-11-8-9(12)14-10(13)4-2;1-2-6-4-3-5-1/h4,9,11H,2-3,5-8H2,1H3;5-6H,1-4H2. The lowest BCUT2D eigenvalue weighted by Crippen LogP contribution is -2.53. The third-order valence-corrected chi connectivity index (χ3v) is 3.19. The second-order valence-corrected chi connectivity index (χ2v) is 4.84. The molecule has 1 unspecified atom stereocenters. The second kappa shape index (κ2) is 10.8. The van der Waals surface area contributed by atoms with Crippen LogP contribution in [-0.2, 0) is 9.53 Å². The van der Waals surface area contributed by atoms with Gasteiger partial charge >= 0.3 is 5.97 Å². The van der Waals surface area contributed by atoms with Crippen LogP contribution in [0.25, 0.3) is 0 Å². The molecule has 116 valence electrons. The molecule has 0 saturated carbocycles. The summed E-state index contributed by atoms with van der Waals surface area (Å²) in [7, 11) is 0. The van der Waals surface area contributed by atoms with Crippen LogP contribution >= 0.6 is 0 Å². The number of piperazine rings is 2. The topological polar surface area (TPSA) is 65.6 Å². The van der Waals surface area contributed by atoms with Gasteiger partial charge in [-0.05, 0) is 6.42 Å². The smallest absolute Gasteiger partial charge is 0.331 e. The Bertz CT molecular complexity index is 269. The monoisotopic (exact) mass is 284 g/mol. The minimum atomic E-state index is -0.347. The predicted molar refractivity (Wildman–Crippen MR) is 80.6 cm³/mol. The maximum Gasteiger partial charge on any atom is 0.331 e. The van der Waals surface area contributed by atoms with Crippen LogP contribution in [0.2, 0.25) is 0 Å². The zero-order valence-electron chi connectivity index (χ0n) is 12.5. The molecule has 3 N–H and O–H groups in total. The number of nitrogens with zero attached hydrogens (tertiary/aromatic N) is 1. The first kappa shape index (κ1) is 17.1. The van der Waals surface area contributed by atoms with E-state index in [9.17, 15) is 4.79 Å². The molecule has 2 aliphatic heterocycles. The van der Waals surface area contributed by atoms with E-state index in [0.717, 1.165) is 52.2 Å². The van der Waals surface area contributed by atoms with Crippen LogP contribution in [-0.4, -0.2) is 69.5 Å². The van der Waals surface area contributed by atoms with Crippen molar-refractivity contribution in [3.05, 3.63) is 12.7 Å². The highest BCUT2D eigenvalue weighted by molar-refractivity contribution is 5.81. The molecule has 0 aromatic rings. The van der Waals surface area contributed by atoms with Crippen LogP contribution < -0.4 is 16.0 Å². The minimum absolute atomic E-state index is 0.130. The third kappa shape index (κ3) is 7.00. The summed E-state index contributed by atoms with van der Waals surface area (Å²) in [6.45, 7) is 13.6. The highest BCUT2D eigenvalue weighted by atomic mass is 16.6. The summed E-state index contributed by atoms with van der Waals surface area (Å²) < 4.78 is 5.21. The molecule has 2 aliphatic rings. The van der Waals surface area contributed by atoms with Gasteiger partial charge in [0.2, 0.25) is 0 Å². The van der Waals surface area contributed by atoms with Crippen molar-refractivity contribution in [1.82, 2.24) is 20.9 Å². The number of hydrogen-bond donors (Lipinski definition) is 3. The Labute approximate surface area is 121 Å². The van der Waals surface area contributed by atoms with Gasteiger partial charge in [-0.15, -0.1) is 0 Å². The Morgan fingerprint density at radius 1 is 1.25 bits per heavy atom. The van der Waals surface area contributed by atoms with Gasteiger partial charge in [0, 0.05) is 58.4 Å². The molecule has 0 aromatic heterocycles. The zero-order valence-corrected chi connectivity index (χ0v) is 12.5. The highest BCUT2D eigenvalue weighted by Crippen LogP contribution is 2.06. The molecule has 0 amide bonds. The summed E-state index contributed by atoms with van der Waals surface area (Å²) in [6, 6.07) is 0. The Balaban J connectivity index is 0.000000276. The maximum absolute atomic E-state index is 11.0. The second-order valence-electron chi connectivity index (χ2n) is 4.84. The number of carbonyl (C=O) groups excluding carboxylic acids is 1.